The van der Waals surface area contributed by atoms with Gasteiger partial charge < -0.3 is 14.4 Å². The van der Waals surface area contributed by atoms with Crippen molar-refractivity contribution in [3.8, 4) is 11.1 Å². The molecule has 0 bridgehead atoms. The Morgan fingerprint density at radius 2 is 2.00 bits per heavy atom. The smallest absolute Gasteiger partial charge is 0.227 e. The summed E-state index contributed by atoms with van der Waals surface area (Å²) in [6.45, 7) is 5.69. The third kappa shape index (κ3) is 2.89. The predicted molar refractivity (Wildman–Crippen MR) is 112 cm³/mol. The molecule has 6 nitrogen and oxygen atoms in total. The van der Waals surface area contributed by atoms with Gasteiger partial charge in [0.15, 0.2) is 0 Å². The number of nitrogens with zero attached hydrogens (tertiary/aromatic N) is 3. The molecule has 1 atom stereocenters. The maximum atomic E-state index is 13.9. The summed E-state index contributed by atoms with van der Waals surface area (Å²) in [5, 5.41) is 4.03. The van der Waals surface area contributed by atoms with Crippen molar-refractivity contribution in [2.24, 2.45) is 0 Å². The topological polar surface area (TPSA) is 75.0 Å². The second-order valence-electron chi connectivity index (χ2n) is 7.80. The number of carbonyl (C=O) groups is 1. The van der Waals surface area contributed by atoms with E-state index in [0.717, 1.165) is 39.2 Å². The molecule has 0 radical (unpaired) electrons. The average Bonchev–Trinajstić information content (AvgIpc) is 3.40. The van der Waals surface area contributed by atoms with E-state index in [4.69, 9.17) is 9.51 Å². The maximum absolute atomic E-state index is 13.9. The number of anilines is 1. The van der Waals surface area contributed by atoms with Gasteiger partial charge >= 0.3 is 0 Å². The first-order chi connectivity index (χ1) is 14.4. The van der Waals surface area contributed by atoms with E-state index in [9.17, 15) is 9.18 Å². The molecule has 0 aliphatic carbocycles. The molecule has 1 N–H and O–H groups in total. The van der Waals surface area contributed by atoms with E-state index in [1.54, 1.807) is 11.0 Å². The molecule has 2 aromatic carbocycles. The van der Waals surface area contributed by atoms with Crippen LogP contribution in [-0.4, -0.2) is 21.0 Å². The lowest BCUT2D eigenvalue weighted by Crippen LogP contribution is -2.28. The molecule has 0 unspecified atom stereocenters. The fraction of sp³-hybridized carbons (Fsp3) is 0.261. The van der Waals surface area contributed by atoms with E-state index < -0.39 is 0 Å². The van der Waals surface area contributed by atoms with Crippen LogP contribution in [0.3, 0.4) is 0 Å². The van der Waals surface area contributed by atoms with Crippen molar-refractivity contribution in [1.29, 1.82) is 0 Å². The molecule has 7 heteroatoms. The molecule has 1 fully saturated rings. The van der Waals surface area contributed by atoms with Gasteiger partial charge in [0, 0.05) is 12.0 Å². The van der Waals surface area contributed by atoms with Gasteiger partial charge in [-0.25, -0.2) is 9.37 Å². The first-order valence-corrected chi connectivity index (χ1v) is 9.93. The highest BCUT2D eigenvalue weighted by molar-refractivity contribution is 5.97. The number of hydrogen-bond acceptors (Lipinski definition) is 4. The van der Waals surface area contributed by atoms with Crippen LogP contribution in [-0.2, 0) is 4.79 Å². The van der Waals surface area contributed by atoms with Crippen LogP contribution in [0.4, 0.5) is 10.1 Å². The minimum atomic E-state index is -0.359. The second-order valence-corrected chi connectivity index (χ2v) is 7.80. The summed E-state index contributed by atoms with van der Waals surface area (Å²) in [5.74, 6) is 1.09. The molecule has 30 heavy (non-hydrogen) atoms. The molecule has 3 heterocycles. The van der Waals surface area contributed by atoms with E-state index in [2.05, 4.69) is 10.1 Å². The third-order valence-corrected chi connectivity index (χ3v) is 5.78. The zero-order chi connectivity index (χ0) is 21.0. The highest BCUT2D eigenvalue weighted by atomic mass is 19.1. The van der Waals surface area contributed by atoms with Crippen LogP contribution in [0.2, 0.25) is 0 Å². The highest BCUT2D eigenvalue weighted by Crippen LogP contribution is 2.38. The zero-order valence-corrected chi connectivity index (χ0v) is 17.0. The largest absolute Gasteiger partial charge is 0.361 e. The molecule has 1 aliphatic heterocycles. The molecule has 1 amide bonds. The van der Waals surface area contributed by atoms with Crippen molar-refractivity contribution in [3.63, 3.8) is 0 Å². The summed E-state index contributed by atoms with van der Waals surface area (Å²) in [5.41, 5.74) is 5.94. The molecular formula is C23H21FN4O2. The van der Waals surface area contributed by atoms with Crippen molar-refractivity contribution in [1.82, 2.24) is 15.1 Å². The van der Waals surface area contributed by atoms with E-state index >= 15 is 0 Å². The third-order valence-electron chi connectivity index (χ3n) is 5.78. The molecule has 0 spiro atoms. The van der Waals surface area contributed by atoms with Gasteiger partial charge in [-0.3, -0.25) is 4.79 Å². The number of amides is 1. The number of halogens is 1. The quantitative estimate of drug-likeness (QED) is 0.512. The van der Waals surface area contributed by atoms with Gasteiger partial charge in [0.25, 0.3) is 0 Å². The first kappa shape index (κ1) is 18.5. The maximum Gasteiger partial charge on any atom is 0.227 e. The van der Waals surface area contributed by atoms with Gasteiger partial charge in [0.2, 0.25) is 5.91 Å². The highest BCUT2D eigenvalue weighted by Gasteiger charge is 2.36. The predicted octanol–water partition coefficient (Wildman–Crippen LogP) is 5.15. The average molecular weight is 404 g/mol. The Hall–Kier alpha value is -3.48. The molecule has 2 aromatic heterocycles. The Balaban J connectivity index is 1.57. The van der Waals surface area contributed by atoms with Crippen LogP contribution in [0.5, 0.6) is 0 Å². The summed E-state index contributed by atoms with van der Waals surface area (Å²) in [7, 11) is 0. The Morgan fingerprint density at radius 1 is 1.17 bits per heavy atom. The van der Waals surface area contributed by atoms with E-state index in [0.29, 0.717) is 24.4 Å². The lowest BCUT2D eigenvalue weighted by molar-refractivity contribution is -0.117. The van der Waals surface area contributed by atoms with Gasteiger partial charge in [-0.15, -0.1) is 0 Å². The Kier molecular flexibility index (Phi) is 4.20. The number of carbonyl (C=O) groups excluding carboxylic acids is 1. The van der Waals surface area contributed by atoms with Crippen LogP contribution < -0.4 is 4.90 Å². The number of aromatic amines is 1. The Morgan fingerprint density at radius 3 is 2.77 bits per heavy atom. The van der Waals surface area contributed by atoms with Gasteiger partial charge in [0.05, 0.1) is 28.5 Å². The monoisotopic (exact) mass is 404 g/mol. The number of benzene rings is 2. The second kappa shape index (κ2) is 6.79. The van der Waals surface area contributed by atoms with Crippen LogP contribution in [0.15, 0.2) is 40.9 Å². The molecule has 4 aromatic rings. The van der Waals surface area contributed by atoms with Gasteiger partial charge in [-0.05, 0) is 62.6 Å². The molecule has 0 saturated carbocycles. The van der Waals surface area contributed by atoms with E-state index in [-0.39, 0.29) is 17.8 Å². The molecule has 152 valence electrons. The van der Waals surface area contributed by atoms with Crippen LogP contribution in [0.25, 0.3) is 22.2 Å². The zero-order valence-electron chi connectivity index (χ0n) is 17.0. The number of hydrogen-bond donors (Lipinski definition) is 1. The lowest BCUT2D eigenvalue weighted by Gasteiger charge is -2.25. The van der Waals surface area contributed by atoms with Crippen molar-refractivity contribution in [2.45, 2.75) is 39.7 Å². The molecule has 1 aliphatic rings. The summed E-state index contributed by atoms with van der Waals surface area (Å²) in [6.07, 6.45) is 1.04. The van der Waals surface area contributed by atoms with Crippen LogP contribution in [0.1, 0.15) is 41.7 Å². The summed E-state index contributed by atoms with van der Waals surface area (Å²) < 4.78 is 19.2. The summed E-state index contributed by atoms with van der Waals surface area (Å²) in [6, 6.07) is 10.2. The minimum Gasteiger partial charge on any atom is -0.361 e. The fourth-order valence-corrected chi connectivity index (χ4v) is 4.32. The number of H-pyrrole nitrogens is 1. The number of aromatic nitrogens is 3. The van der Waals surface area contributed by atoms with E-state index in [1.165, 1.54) is 12.1 Å². The van der Waals surface area contributed by atoms with Crippen molar-refractivity contribution in [2.75, 3.05) is 4.90 Å². The first-order valence-electron chi connectivity index (χ1n) is 9.93. The molecule has 5 rings (SSSR count). The Bertz CT molecular complexity index is 1270. The number of aryl methyl sites for hydroxylation is 3. The summed E-state index contributed by atoms with van der Waals surface area (Å²) in [4.78, 5) is 22.5. The number of rotatable bonds is 3. The van der Waals surface area contributed by atoms with Crippen molar-refractivity contribution < 1.29 is 13.7 Å². The van der Waals surface area contributed by atoms with Crippen LogP contribution in [0, 0.1) is 26.6 Å². The van der Waals surface area contributed by atoms with Crippen molar-refractivity contribution in [3.05, 3.63) is 65.1 Å². The van der Waals surface area contributed by atoms with Gasteiger partial charge in [-0.1, -0.05) is 17.3 Å². The summed E-state index contributed by atoms with van der Waals surface area (Å²) >= 11 is 0. The Labute approximate surface area is 172 Å². The standard InChI is InChI=1S/C23H21FN4O2/c1-12-4-6-16(24)11-20(12)28-19(8-9-21(28)29)23-25-17-7-5-15(10-18(17)26-23)22-13(2)27-30-14(22)3/h4-7,10-11,19H,8-9H2,1-3H3,(H,25,26)/t19-/m0/s1. The van der Waals surface area contributed by atoms with Gasteiger partial charge in [-0.2, -0.15) is 0 Å². The molecule has 1 saturated heterocycles. The fourth-order valence-electron chi connectivity index (χ4n) is 4.32. The number of imidazole rings is 1. The van der Waals surface area contributed by atoms with Crippen molar-refractivity contribution >= 4 is 22.6 Å². The SMILES string of the molecule is Cc1ccc(F)cc1N1C(=O)CC[C@H]1c1nc2ccc(-c3c(C)noc3C)cc2[nH]1. The number of fused-ring (bicyclic) bond motifs is 1. The molecular weight excluding hydrogens is 383 g/mol. The number of nitrogens with one attached hydrogen (secondary N) is 1. The minimum absolute atomic E-state index is 0.0226. The lowest BCUT2D eigenvalue weighted by atomic mass is 10.0. The van der Waals surface area contributed by atoms with Gasteiger partial charge in [0.1, 0.15) is 17.4 Å². The van der Waals surface area contributed by atoms with Crippen LogP contribution >= 0.6 is 0 Å². The van der Waals surface area contributed by atoms with E-state index in [1.807, 2.05) is 39.0 Å². The normalized spacial score (nSPS) is 16.7.